The lowest BCUT2D eigenvalue weighted by Gasteiger charge is -1.89. The van der Waals surface area contributed by atoms with Crippen LogP contribution in [0.15, 0.2) is 0 Å². The maximum Gasteiger partial charge on any atom is 0.316 e. The van der Waals surface area contributed by atoms with Gasteiger partial charge in [-0.3, -0.25) is 0 Å². The molecule has 1 nitrogen and oxygen atoms in total. The van der Waals surface area contributed by atoms with Gasteiger partial charge in [-0.2, -0.15) is 0 Å². The van der Waals surface area contributed by atoms with Gasteiger partial charge in [0.15, 0.2) is 0 Å². The quantitative estimate of drug-likeness (QED) is 0.371. The van der Waals surface area contributed by atoms with Crippen molar-refractivity contribution in [1.29, 1.82) is 0 Å². The molecular weight excluding hydrogens is 100 g/mol. The van der Waals surface area contributed by atoms with E-state index in [9.17, 15) is 4.79 Å². The number of hydrogen-bond acceptors (Lipinski definition) is 1. The van der Waals surface area contributed by atoms with Gasteiger partial charge in [0.1, 0.15) is 6.29 Å². The summed E-state index contributed by atoms with van der Waals surface area (Å²) < 4.78 is 0. The monoisotopic (exact) mass is 112 g/mol. The van der Waals surface area contributed by atoms with Gasteiger partial charge < -0.3 is 4.79 Å². The summed E-state index contributed by atoms with van der Waals surface area (Å²) in [6.07, 6.45) is 1.93. The van der Waals surface area contributed by atoms with Crippen LogP contribution in [0.2, 0.25) is 0 Å². The fourth-order valence-corrected chi connectivity index (χ4v) is 0.0962. The maximum absolute atomic E-state index is 9.74. The molecule has 7 heavy (non-hydrogen) atoms. The molecule has 0 rings (SSSR count). The molecular formula is C5H12MgO. The molecule has 1 atom stereocenters. The minimum absolute atomic E-state index is 0. The molecule has 0 aromatic heterocycles. The third kappa shape index (κ3) is 6.44. The first-order valence-corrected chi connectivity index (χ1v) is 2.26. The fraction of sp³-hybridized carbons (Fsp3) is 0.800. The highest BCUT2D eigenvalue weighted by atomic mass is 24.3. The maximum atomic E-state index is 9.74. The zero-order valence-electron chi connectivity index (χ0n) is 4.27. The molecule has 0 N–H and O–H groups in total. The molecule has 0 aromatic rings. The van der Waals surface area contributed by atoms with Crippen molar-refractivity contribution in [2.45, 2.75) is 20.3 Å². The second-order valence-electron chi connectivity index (χ2n) is 1.52. The summed E-state index contributed by atoms with van der Waals surface area (Å²) in [6.45, 7) is 3.91. The highest BCUT2D eigenvalue weighted by Crippen LogP contribution is 1.91. The van der Waals surface area contributed by atoms with Crippen LogP contribution in [-0.2, 0) is 4.79 Å². The Morgan fingerprint density at radius 2 is 2.14 bits per heavy atom. The van der Waals surface area contributed by atoms with Gasteiger partial charge >= 0.3 is 23.1 Å². The predicted molar refractivity (Wildman–Crippen MR) is 34.1 cm³/mol. The van der Waals surface area contributed by atoms with Crippen LogP contribution in [-0.4, -0.2) is 29.3 Å². The zero-order valence-corrected chi connectivity index (χ0v) is 4.27. The summed E-state index contributed by atoms with van der Waals surface area (Å²) >= 11 is 0. The van der Waals surface area contributed by atoms with Crippen molar-refractivity contribution < 1.29 is 4.79 Å². The Kier molecular flexibility index (Phi) is 9.58. The summed E-state index contributed by atoms with van der Waals surface area (Å²) in [7, 11) is 0. The van der Waals surface area contributed by atoms with Gasteiger partial charge in [0.2, 0.25) is 0 Å². The first-order valence-electron chi connectivity index (χ1n) is 2.26. The highest BCUT2D eigenvalue weighted by molar-refractivity contribution is 5.75. The van der Waals surface area contributed by atoms with E-state index in [-0.39, 0.29) is 29.0 Å². The lowest BCUT2D eigenvalue weighted by molar-refractivity contribution is -0.110. The van der Waals surface area contributed by atoms with E-state index < -0.39 is 0 Å². The molecule has 0 amide bonds. The predicted octanol–water partition coefficient (Wildman–Crippen LogP) is 0.315. The van der Waals surface area contributed by atoms with Crippen molar-refractivity contribution in [3.63, 3.8) is 0 Å². The van der Waals surface area contributed by atoms with Crippen LogP contribution in [0, 0.1) is 5.92 Å². The topological polar surface area (TPSA) is 17.1 Å². The van der Waals surface area contributed by atoms with Crippen LogP contribution in [0.5, 0.6) is 0 Å². The van der Waals surface area contributed by atoms with E-state index in [4.69, 9.17) is 0 Å². The molecule has 0 heterocycles. The number of carbonyl (C=O) groups excluding carboxylic acids is 1. The molecule has 0 aliphatic carbocycles. The van der Waals surface area contributed by atoms with Crippen molar-refractivity contribution in [2.75, 3.05) is 0 Å². The fourth-order valence-electron chi connectivity index (χ4n) is 0.0962. The number of rotatable bonds is 2. The van der Waals surface area contributed by atoms with Crippen molar-refractivity contribution in [2.24, 2.45) is 5.92 Å². The van der Waals surface area contributed by atoms with Gasteiger partial charge in [-0.1, -0.05) is 13.8 Å². The summed E-state index contributed by atoms with van der Waals surface area (Å²) in [5.74, 6) is 0.255. The third-order valence-electron chi connectivity index (χ3n) is 0.876. The number of aldehydes is 1. The molecule has 0 bridgehead atoms. The van der Waals surface area contributed by atoms with E-state index in [0.29, 0.717) is 0 Å². The molecule has 0 aromatic carbocycles. The van der Waals surface area contributed by atoms with Gasteiger partial charge in [-0.25, -0.2) is 0 Å². The van der Waals surface area contributed by atoms with Crippen molar-refractivity contribution in [3.8, 4) is 0 Å². The molecule has 0 spiro atoms. The SMILES string of the molecule is CCC(C)C=O.[MgH2]. The van der Waals surface area contributed by atoms with Gasteiger partial charge in [0.25, 0.3) is 0 Å². The molecule has 0 aliphatic rings. The van der Waals surface area contributed by atoms with E-state index >= 15 is 0 Å². The summed E-state index contributed by atoms with van der Waals surface area (Å²) in [5, 5.41) is 0. The molecule has 0 radical (unpaired) electrons. The third-order valence-corrected chi connectivity index (χ3v) is 0.876. The van der Waals surface area contributed by atoms with Crippen LogP contribution in [0.4, 0.5) is 0 Å². The molecule has 0 aliphatic heterocycles. The van der Waals surface area contributed by atoms with Crippen LogP contribution in [0.3, 0.4) is 0 Å². The summed E-state index contributed by atoms with van der Waals surface area (Å²) in [5.41, 5.74) is 0. The molecule has 0 saturated heterocycles. The normalized spacial score (nSPS) is 11.7. The van der Waals surface area contributed by atoms with Gasteiger partial charge in [-0.15, -0.1) is 0 Å². The second kappa shape index (κ2) is 6.44. The Morgan fingerprint density at radius 1 is 1.71 bits per heavy atom. The minimum Gasteiger partial charge on any atom is -0.303 e. The standard InChI is InChI=1S/C5H10O.Mg.2H/c1-3-5(2)4-6;;;/h4-5H,3H2,1-2H3;;;. The van der Waals surface area contributed by atoms with Crippen LogP contribution >= 0.6 is 0 Å². The molecule has 0 saturated carbocycles. The van der Waals surface area contributed by atoms with Gasteiger partial charge in [-0.05, 0) is 6.42 Å². The Hall–Kier alpha value is 0.436. The van der Waals surface area contributed by atoms with Crippen molar-refractivity contribution in [1.82, 2.24) is 0 Å². The Bertz CT molecular complexity index is 45.3. The average molecular weight is 112 g/mol. The number of carbonyl (C=O) groups is 1. The van der Waals surface area contributed by atoms with E-state index in [1.807, 2.05) is 13.8 Å². The van der Waals surface area contributed by atoms with Crippen LogP contribution < -0.4 is 0 Å². The Labute approximate surface area is 60.6 Å². The Balaban J connectivity index is 0. The number of hydrogen-bond donors (Lipinski definition) is 0. The first-order chi connectivity index (χ1) is 2.81. The van der Waals surface area contributed by atoms with E-state index in [1.165, 1.54) is 0 Å². The Morgan fingerprint density at radius 3 is 2.14 bits per heavy atom. The summed E-state index contributed by atoms with van der Waals surface area (Å²) in [4.78, 5) is 9.74. The molecule has 1 unspecified atom stereocenters. The van der Waals surface area contributed by atoms with Crippen molar-refractivity contribution in [3.05, 3.63) is 0 Å². The largest absolute Gasteiger partial charge is 0.316 e. The van der Waals surface area contributed by atoms with E-state index in [0.717, 1.165) is 12.7 Å². The first kappa shape index (κ1) is 10.4. The summed E-state index contributed by atoms with van der Waals surface area (Å²) in [6, 6.07) is 0. The minimum atomic E-state index is 0. The highest BCUT2D eigenvalue weighted by Gasteiger charge is 1.89. The van der Waals surface area contributed by atoms with Crippen LogP contribution in [0.25, 0.3) is 0 Å². The lowest BCUT2D eigenvalue weighted by Crippen LogP contribution is -1.89. The van der Waals surface area contributed by atoms with Gasteiger partial charge in [0, 0.05) is 5.92 Å². The molecule has 40 valence electrons. The molecule has 2 heteroatoms. The van der Waals surface area contributed by atoms with Crippen LogP contribution in [0.1, 0.15) is 20.3 Å². The zero-order chi connectivity index (χ0) is 4.99. The van der Waals surface area contributed by atoms with Crippen molar-refractivity contribution >= 4 is 29.3 Å². The second-order valence-corrected chi connectivity index (χ2v) is 1.52. The smallest absolute Gasteiger partial charge is 0.303 e. The van der Waals surface area contributed by atoms with Gasteiger partial charge in [0.05, 0.1) is 0 Å². The van der Waals surface area contributed by atoms with E-state index in [2.05, 4.69) is 0 Å². The molecule has 0 fully saturated rings. The lowest BCUT2D eigenvalue weighted by atomic mass is 10.2. The van der Waals surface area contributed by atoms with E-state index in [1.54, 1.807) is 0 Å². The average Bonchev–Trinajstić information content (AvgIpc) is 1.65.